The van der Waals surface area contributed by atoms with Crippen LogP contribution < -0.4 is 10.6 Å². The fourth-order valence-electron chi connectivity index (χ4n) is 4.12. The third-order valence-corrected chi connectivity index (χ3v) is 5.83. The van der Waals surface area contributed by atoms with E-state index in [4.69, 9.17) is 4.99 Å². The van der Waals surface area contributed by atoms with Gasteiger partial charge in [0.05, 0.1) is 12.2 Å². The van der Waals surface area contributed by atoms with Crippen LogP contribution in [-0.2, 0) is 13.1 Å². The van der Waals surface area contributed by atoms with Crippen molar-refractivity contribution in [3.05, 3.63) is 90.1 Å². The van der Waals surface area contributed by atoms with Crippen molar-refractivity contribution in [2.45, 2.75) is 38.9 Å². The van der Waals surface area contributed by atoms with E-state index in [9.17, 15) is 0 Å². The summed E-state index contributed by atoms with van der Waals surface area (Å²) < 4.78 is 0. The van der Waals surface area contributed by atoms with Gasteiger partial charge in [-0.3, -0.25) is 9.88 Å². The molecule has 0 spiro atoms. The quantitative estimate of drug-likeness (QED) is 0.432. The number of aromatic nitrogens is 1. The van der Waals surface area contributed by atoms with Crippen molar-refractivity contribution in [3.63, 3.8) is 0 Å². The minimum atomic E-state index is 0.458. The molecule has 0 aliphatic carbocycles. The van der Waals surface area contributed by atoms with Crippen LogP contribution in [0.1, 0.15) is 30.9 Å². The zero-order valence-corrected chi connectivity index (χ0v) is 18.9. The first kappa shape index (κ1) is 22.0. The molecule has 5 heteroatoms. The molecule has 2 N–H and O–H groups in total. The molecular formula is C27H33N5. The van der Waals surface area contributed by atoms with E-state index >= 15 is 0 Å². The van der Waals surface area contributed by atoms with Gasteiger partial charge in [0, 0.05) is 44.0 Å². The molecule has 0 bridgehead atoms. The molecule has 166 valence electrons. The predicted octanol–water partition coefficient (Wildman–Crippen LogP) is 4.47. The number of rotatable bonds is 7. The van der Waals surface area contributed by atoms with Crippen LogP contribution in [-0.4, -0.2) is 41.5 Å². The highest BCUT2D eigenvalue weighted by molar-refractivity contribution is 5.80. The van der Waals surface area contributed by atoms with Gasteiger partial charge in [-0.1, -0.05) is 54.6 Å². The normalized spacial score (nSPS) is 15.5. The van der Waals surface area contributed by atoms with Crippen LogP contribution in [0.4, 0.5) is 0 Å². The number of guanidine groups is 1. The van der Waals surface area contributed by atoms with E-state index in [0.29, 0.717) is 12.6 Å². The van der Waals surface area contributed by atoms with Gasteiger partial charge >= 0.3 is 0 Å². The SMILES string of the molecule is CCNC(=NCc1cccc(-c2ccccn2)c1)NC1CCN(Cc2ccccc2)CC1. The monoisotopic (exact) mass is 427 g/mol. The Balaban J connectivity index is 1.32. The Morgan fingerprint density at radius 3 is 2.50 bits per heavy atom. The zero-order valence-electron chi connectivity index (χ0n) is 18.9. The number of piperidine rings is 1. The molecule has 2 heterocycles. The Hall–Kier alpha value is -3.18. The molecule has 1 saturated heterocycles. The molecule has 0 atom stereocenters. The number of likely N-dealkylation sites (tertiary alicyclic amines) is 1. The number of nitrogens with one attached hydrogen (secondary N) is 2. The third kappa shape index (κ3) is 6.41. The zero-order chi connectivity index (χ0) is 22.0. The van der Waals surface area contributed by atoms with Crippen molar-refractivity contribution >= 4 is 5.96 Å². The molecule has 0 radical (unpaired) electrons. The number of hydrogen-bond acceptors (Lipinski definition) is 3. The Morgan fingerprint density at radius 2 is 1.75 bits per heavy atom. The summed E-state index contributed by atoms with van der Waals surface area (Å²) in [6, 6.07) is 25.7. The lowest BCUT2D eigenvalue weighted by Crippen LogP contribution is -2.48. The lowest BCUT2D eigenvalue weighted by molar-refractivity contribution is 0.198. The fraction of sp³-hybridized carbons (Fsp3) is 0.333. The van der Waals surface area contributed by atoms with Crippen molar-refractivity contribution in [2.24, 2.45) is 4.99 Å². The maximum atomic E-state index is 4.86. The molecule has 3 aromatic rings. The minimum Gasteiger partial charge on any atom is -0.357 e. The second-order valence-electron chi connectivity index (χ2n) is 8.29. The van der Waals surface area contributed by atoms with Crippen molar-refractivity contribution in [1.29, 1.82) is 0 Å². The summed E-state index contributed by atoms with van der Waals surface area (Å²) in [6.07, 6.45) is 4.09. The van der Waals surface area contributed by atoms with Gasteiger partial charge in [0.25, 0.3) is 0 Å². The second-order valence-corrected chi connectivity index (χ2v) is 8.29. The first-order valence-corrected chi connectivity index (χ1v) is 11.6. The maximum Gasteiger partial charge on any atom is 0.191 e. The van der Waals surface area contributed by atoms with Gasteiger partial charge in [-0.2, -0.15) is 0 Å². The van der Waals surface area contributed by atoms with Crippen molar-refractivity contribution in [2.75, 3.05) is 19.6 Å². The van der Waals surface area contributed by atoms with Crippen LogP contribution in [0.15, 0.2) is 84.0 Å². The molecule has 1 aromatic heterocycles. The smallest absolute Gasteiger partial charge is 0.191 e. The number of aliphatic imine (C=N–C) groups is 1. The number of nitrogens with zero attached hydrogens (tertiary/aromatic N) is 3. The highest BCUT2D eigenvalue weighted by atomic mass is 15.2. The first-order valence-electron chi connectivity index (χ1n) is 11.6. The summed E-state index contributed by atoms with van der Waals surface area (Å²) in [7, 11) is 0. The first-order chi connectivity index (χ1) is 15.8. The van der Waals surface area contributed by atoms with E-state index in [1.807, 2.05) is 24.4 Å². The number of benzene rings is 2. The molecule has 5 nitrogen and oxygen atoms in total. The standard InChI is InChI=1S/C27H33N5/c1-2-28-27(30-20-23-11-8-12-24(19-23)26-13-6-7-16-29-26)31-25-14-17-32(18-15-25)21-22-9-4-3-5-10-22/h3-13,16,19,25H,2,14-15,17-18,20-21H2,1H3,(H2,28,30,31). The largest absolute Gasteiger partial charge is 0.357 e. The molecule has 4 rings (SSSR count). The van der Waals surface area contributed by atoms with E-state index in [-0.39, 0.29) is 0 Å². The van der Waals surface area contributed by atoms with Gasteiger partial charge in [-0.25, -0.2) is 4.99 Å². The lowest BCUT2D eigenvalue weighted by Gasteiger charge is -2.33. The Labute approximate surface area is 191 Å². The Bertz CT molecular complexity index is 979. The van der Waals surface area contributed by atoms with Gasteiger partial charge in [0.2, 0.25) is 0 Å². The third-order valence-electron chi connectivity index (χ3n) is 5.83. The summed E-state index contributed by atoms with van der Waals surface area (Å²) in [5.74, 6) is 0.900. The average molecular weight is 428 g/mol. The van der Waals surface area contributed by atoms with Crippen molar-refractivity contribution in [1.82, 2.24) is 20.5 Å². The molecule has 2 aromatic carbocycles. The topological polar surface area (TPSA) is 52.6 Å². The van der Waals surface area contributed by atoms with Crippen molar-refractivity contribution in [3.8, 4) is 11.3 Å². The highest BCUT2D eigenvalue weighted by Gasteiger charge is 2.20. The van der Waals surface area contributed by atoms with Gasteiger partial charge in [-0.05, 0) is 49.1 Å². The lowest BCUT2D eigenvalue weighted by atomic mass is 10.0. The number of hydrogen-bond donors (Lipinski definition) is 2. The van der Waals surface area contributed by atoms with Crippen LogP contribution in [0.3, 0.4) is 0 Å². The molecule has 0 unspecified atom stereocenters. The van der Waals surface area contributed by atoms with Crippen LogP contribution in [0.25, 0.3) is 11.3 Å². The van der Waals surface area contributed by atoms with E-state index in [1.54, 1.807) is 0 Å². The average Bonchev–Trinajstić information content (AvgIpc) is 2.85. The van der Waals surface area contributed by atoms with E-state index in [2.05, 4.69) is 82.0 Å². The Morgan fingerprint density at radius 1 is 0.969 bits per heavy atom. The van der Waals surface area contributed by atoms with Crippen LogP contribution >= 0.6 is 0 Å². The van der Waals surface area contributed by atoms with E-state index < -0.39 is 0 Å². The van der Waals surface area contributed by atoms with E-state index in [1.165, 1.54) is 11.1 Å². The number of pyridine rings is 1. The van der Waals surface area contributed by atoms with Gasteiger partial charge in [0.1, 0.15) is 0 Å². The fourth-order valence-corrected chi connectivity index (χ4v) is 4.12. The molecule has 32 heavy (non-hydrogen) atoms. The molecule has 0 saturated carbocycles. The molecular weight excluding hydrogens is 394 g/mol. The van der Waals surface area contributed by atoms with Crippen molar-refractivity contribution < 1.29 is 0 Å². The molecule has 1 aliphatic rings. The highest BCUT2D eigenvalue weighted by Crippen LogP contribution is 2.18. The van der Waals surface area contributed by atoms with Crippen LogP contribution in [0.5, 0.6) is 0 Å². The summed E-state index contributed by atoms with van der Waals surface area (Å²) in [6.45, 7) is 6.86. The van der Waals surface area contributed by atoms with Gasteiger partial charge < -0.3 is 10.6 Å². The van der Waals surface area contributed by atoms with E-state index in [0.717, 1.165) is 56.2 Å². The summed E-state index contributed by atoms with van der Waals surface area (Å²) >= 11 is 0. The second kappa shape index (κ2) is 11.4. The minimum absolute atomic E-state index is 0.458. The van der Waals surface area contributed by atoms with Crippen LogP contribution in [0, 0.1) is 0 Å². The molecule has 1 aliphatic heterocycles. The molecule has 1 fully saturated rings. The summed E-state index contributed by atoms with van der Waals surface area (Å²) in [4.78, 5) is 11.9. The Kier molecular flexibility index (Phi) is 7.88. The van der Waals surface area contributed by atoms with Gasteiger partial charge in [-0.15, -0.1) is 0 Å². The van der Waals surface area contributed by atoms with Gasteiger partial charge in [0.15, 0.2) is 5.96 Å². The summed E-state index contributed by atoms with van der Waals surface area (Å²) in [5, 5.41) is 7.07. The molecule has 0 amide bonds. The predicted molar refractivity (Wildman–Crippen MR) is 132 cm³/mol. The maximum absolute atomic E-state index is 4.86. The van der Waals surface area contributed by atoms with Crippen LogP contribution in [0.2, 0.25) is 0 Å². The summed E-state index contributed by atoms with van der Waals surface area (Å²) in [5.41, 5.74) is 4.69.